The van der Waals surface area contributed by atoms with E-state index in [1.165, 1.54) is 18.2 Å². The summed E-state index contributed by atoms with van der Waals surface area (Å²) in [5.74, 6) is -0.345. The summed E-state index contributed by atoms with van der Waals surface area (Å²) in [6, 6.07) is 9.73. The van der Waals surface area contributed by atoms with E-state index in [4.69, 9.17) is 5.26 Å². The minimum atomic E-state index is -0.345. The van der Waals surface area contributed by atoms with Crippen LogP contribution in [0.3, 0.4) is 0 Å². The van der Waals surface area contributed by atoms with Gasteiger partial charge in [-0.3, -0.25) is 4.98 Å². The minimum absolute atomic E-state index is 0.345. The molecule has 1 aromatic carbocycles. The Balaban J connectivity index is 2.58. The maximum atomic E-state index is 13.5. The second-order valence-corrected chi connectivity index (χ2v) is 3.05. The van der Waals surface area contributed by atoms with Crippen LogP contribution >= 0.6 is 0 Å². The zero-order valence-corrected chi connectivity index (χ0v) is 7.81. The summed E-state index contributed by atoms with van der Waals surface area (Å²) in [4.78, 5) is 3.91. The topological polar surface area (TPSA) is 36.7 Å². The molecule has 0 aliphatic heterocycles. The quantitative estimate of drug-likeness (QED) is 0.706. The van der Waals surface area contributed by atoms with Gasteiger partial charge in [0.2, 0.25) is 0 Å². The fourth-order valence-electron chi connectivity index (χ4n) is 1.34. The lowest BCUT2D eigenvalue weighted by Gasteiger charge is -2.02. The molecule has 1 aromatic heterocycles. The molecule has 2 nitrogen and oxygen atoms in total. The summed E-state index contributed by atoms with van der Waals surface area (Å²) in [6.45, 7) is 0. The van der Waals surface area contributed by atoms with Gasteiger partial charge in [-0.25, -0.2) is 4.39 Å². The summed E-state index contributed by atoms with van der Waals surface area (Å²) >= 11 is 0. The molecule has 0 saturated carbocycles. The monoisotopic (exact) mass is 198 g/mol. The van der Waals surface area contributed by atoms with Crippen LogP contribution in [0.25, 0.3) is 11.1 Å². The van der Waals surface area contributed by atoms with Crippen LogP contribution in [0, 0.1) is 17.1 Å². The number of rotatable bonds is 1. The third-order valence-electron chi connectivity index (χ3n) is 2.07. The van der Waals surface area contributed by atoms with Gasteiger partial charge in [0, 0.05) is 23.5 Å². The van der Waals surface area contributed by atoms with Gasteiger partial charge < -0.3 is 0 Å². The highest BCUT2D eigenvalue weighted by atomic mass is 19.1. The van der Waals surface area contributed by atoms with Crippen LogP contribution in [0.15, 0.2) is 42.7 Å². The molecule has 0 amide bonds. The Morgan fingerprint density at radius 2 is 2.13 bits per heavy atom. The van der Waals surface area contributed by atoms with Crippen molar-refractivity contribution in [3.8, 4) is 17.2 Å². The standard InChI is InChI=1S/C12H7FN2/c13-12-4-3-9(7-14)6-11(12)10-2-1-5-15-8-10/h1-6,8H. The first kappa shape index (κ1) is 9.35. The third kappa shape index (κ3) is 1.84. The molecule has 3 heteroatoms. The van der Waals surface area contributed by atoms with Crippen molar-refractivity contribution >= 4 is 0 Å². The van der Waals surface area contributed by atoms with Gasteiger partial charge in [-0.1, -0.05) is 6.07 Å². The first-order valence-corrected chi connectivity index (χ1v) is 4.41. The predicted molar refractivity (Wildman–Crippen MR) is 54.3 cm³/mol. The summed E-state index contributed by atoms with van der Waals surface area (Å²) in [5.41, 5.74) is 1.52. The van der Waals surface area contributed by atoms with Crippen LogP contribution in [-0.4, -0.2) is 4.98 Å². The van der Waals surface area contributed by atoms with Crippen molar-refractivity contribution < 1.29 is 4.39 Å². The zero-order valence-electron chi connectivity index (χ0n) is 7.81. The molecule has 0 aliphatic carbocycles. The maximum Gasteiger partial charge on any atom is 0.131 e. The number of nitriles is 1. The Morgan fingerprint density at radius 1 is 1.27 bits per heavy atom. The average molecular weight is 198 g/mol. The third-order valence-corrected chi connectivity index (χ3v) is 2.07. The number of hydrogen-bond donors (Lipinski definition) is 0. The van der Waals surface area contributed by atoms with E-state index in [9.17, 15) is 4.39 Å². The molecule has 0 radical (unpaired) electrons. The molecule has 0 aliphatic rings. The summed E-state index contributed by atoms with van der Waals surface area (Å²) in [6.07, 6.45) is 3.19. The maximum absolute atomic E-state index is 13.5. The highest BCUT2D eigenvalue weighted by Crippen LogP contribution is 2.22. The molecule has 2 aromatic rings. The van der Waals surface area contributed by atoms with Crippen molar-refractivity contribution in [3.05, 3.63) is 54.1 Å². The van der Waals surface area contributed by atoms with E-state index in [-0.39, 0.29) is 5.82 Å². The molecule has 0 unspecified atom stereocenters. The van der Waals surface area contributed by atoms with Crippen LogP contribution in [-0.2, 0) is 0 Å². The highest BCUT2D eigenvalue weighted by molar-refractivity contribution is 5.64. The minimum Gasteiger partial charge on any atom is -0.264 e. The molecule has 0 atom stereocenters. The van der Waals surface area contributed by atoms with E-state index in [1.807, 2.05) is 6.07 Å². The molecule has 0 saturated heterocycles. The van der Waals surface area contributed by atoms with Gasteiger partial charge in [0.25, 0.3) is 0 Å². The predicted octanol–water partition coefficient (Wildman–Crippen LogP) is 2.76. The molecule has 2 rings (SSSR count). The molecule has 0 bridgehead atoms. The highest BCUT2D eigenvalue weighted by Gasteiger charge is 2.05. The molecule has 15 heavy (non-hydrogen) atoms. The zero-order chi connectivity index (χ0) is 10.7. The molecule has 1 heterocycles. The summed E-state index contributed by atoms with van der Waals surface area (Å²) in [7, 11) is 0. The average Bonchev–Trinajstić information content (AvgIpc) is 2.31. The van der Waals surface area contributed by atoms with E-state index >= 15 is 0 Å². The number of aromatic nitrogens is 1. The van der Waals surface area contributed by atoms with Gasteiger partial charge in [0.15, 0.2) is 0 Å². The van der Waals surface area contributed by atoms with E-state index < -0.39 is 0 Å². The molecular formula is C12H7FN2. The Kier molecular flexibility index (Phi) is 2.42. The second-order valence-electron chi connectivity index (χ2n) is 3.05. The van der Waals surface area contributed by atoms with Crippen LogP contribution in [0.4, 0.5) is 4.39 Å². The Labute approximate surface area is 86.6 Å². The first-order chi connectivity index (χ1) is 7.31. The summed E-state index contributed by atoms with van der Waals surface area (Å²) in [5, 5.41) is 8.71. The smallest absolute Gasteiger partial charge is 0.131 e. The van der Waals surface area contributed by atoms with Gasteiger partial charge >= 0.3 is 0 Å². The van der Waals surface area contributed by atoms with E-state index in [1.54, 1.807) is 24.5 Å². The van der Waals surface area contributed by atoms with Crippen LogP contribution in [0.2, 0.25) is 0 Å². The first-order valence-electron chi connectivity index (χ1n) is 4.41. The molecule has 72 valence electrons. The fraction of sp³-hybridized carbons (Fsp3) is 0. The van der Waals surface area contributed by atoms with Crippen molar-refractivity contribution in [2.75, 3.05) is 0 Å². The second kappa shape index (κ2) is 3.89. The lowest BCUT2D eigenvalue weighted by atomic mass is 10.0. The van der Waals surface area contributed by atoms with Crippen LogP contribution in [0.5, 0.6) is 0 Å². The van der Waals surface area contributed by atoms with Gasteiger partial charge in [-0.2, -0.15) is 5.26 Å². The van der Waals surface area contributed by atoms with Crippen molar-refractivity contribution in [2.45, 2.75) is 0 Å². The van der Waals surface area contributed by atoms with Crippen LogP contribution < -0.4 is 0 Å². The normalized spacial score (nSPS) is 9.60. The number of pyridine rings is 1. The summed E-state index contributed by atoms with van der Waals surface area (Å²) < 4.78 is 13.5. The molecule has 0 spiro atoms. The van der Waals surface area contributed by atoms with Gasteiger partial charge in [-0.05, 0) is 24.3 Å². The number of halogens is 1. The Hall–Kier alpha value is -2.21. The van der Waals surface area contributed by atoms with Gasteiger partial charge in [0.1, 0.15) is 5.82 Å². The SMILES string of the molecule is N#Cc1ccc(F)c(-c2cccnc2)c1. The van der Waals surface area contributed by atoms with Crippen LogP contribution in [0.1, 0.15) is 5.56 Å². The lowest BCUT2D eigenvalue weighted by Crippen LogP contribution is -1.86. The van der Waals surface area contributed by atoms with E-state index in [0.717, 1.165) is 0 Å². The number of nitrogens with zero attached hydrogens (tertiary/aromatic N) is 2. The molecule has 0 N–H and O–H groups in total. The van der Waals surface area contributed by atoms with E-state index in [0.29, 0.717) is 16.7 Å². The Morgan fingerprint density at radius 3 is 2.80 bits per heavy atom. The molecular weight excluding hydrogens is 191 g/mol. The largest absolute Gasteiger partial charge is 0.264 e. The van der Waals surface area contributed by atoms with Crippen molar-refractivity contribution in [1.82, 2.24) is 4.98 Å². The van der Waals surface area contributed by atoms with Crippen molar-refractivity contribution in [1.29, 1.82) is 5.26 Å². The number of benzene rings is 1. The lowest BCUT2D eigenvalue weighted by molar-refractivity contribution is 0.631. The van der Waals surface area contributed by atoms with Crippen molar-refractivity contribution in [2.24, 2.45) is 0 Å². The number of hydrogen-bond acceptors (Lipinski definition) is 2. The van der Waals surface area contributed by atoms with Crippen molar-refractivity contribution in [3.63, 3.8) is 0 Å². The van der Waals surface area contributed by atoms with Gasteiger partial charge in [0.05, 0.1) is 11.6 Å². The Bertz CT molecular complexity index is 515. The van der Waals surface area contributed by atoms with Gasteiger partial charge in [-0.15, -0.1) is 0 Å². The fourth-order valence-corrected chi connectivity index (χ4v) is 1.34. The molecule has 0 fully saturated rings. The van der Waals surface area contributed by atoms with E-state index in [2.05, 4.69) is 4.98 Å².